The molecule has 6 heteroatoms. The monoisotopic (exact) mass is 255 g/mol. The van der Waals surface area contributed by atoms with Gasteiger partial charge in [0.05, 0.1) is 12.6 Å². The van der Waals surface area contributed by atoms with E-state index in [1.807, 2.05) is 0 Å². The lowest BCUT2D eigenvalue weighted by atomic mass is 9.96. The average Bonchev–Trinajstić information content (AvgIpc) is 2.28. The summed E-state index contributed by atoms with van der Waals surface area (Å²) < 4.78 is 0. The summed E-state index contributed by atoms with van der Waals surface area (Å²) in [5, 5.41) is 14.2. The van der Waals surface area contributed by atoms with E-state index in [0.717, 1.165) is 25.7 Å². The van der Waals surface area contributed by atoms with Crippen molar-refractivity contribution < 1.29 is 14.7 Å². The van der Waals surface area contributed by atoms with Crippen LogP contribution >= 0.6 is 0 Å². The third-order valence-corrected chi connectivity index (χ3v) is 3.50. The summed E-state index contributed by atoms with van der Waals surface area (Å²) in [7, 11) is 0. The number of aliphatic hydroxyl groups is 1. The molecule has 18 heavy (non-hydrogen) atoms. The summed E-state index contributed by atoms with van der Waals surface area (Å²) in [6.07, 6.45) is 5.19. The van der Waals surface area contributed by atoms with Gasteiger partial charge in [-0.25, -0.2) is 4.79 Å². The fourth-order valence-electron chi connectivity index (χ4n) is 2.51. The molecule has 1 heterocycles. The Hall–Kier alpha value is -1.14. The Bertz CT molecular complexity index is 310. The number of hydrogen-bond acceptors (Lipinski definition) is 4. The Labute approximate surface area is 107 Å². The topological polar surface area (TPSA) is 81.7 Å². The quantitative estimate of drug-likeness (QED) is 0.653. The molecule has 102 valence electrons. The highest BCUT2D eigenvalue weighted by Gasteiger charge is 2.26. The highest BCUT2D eigenvalue weighted by Crippen LogP contribution is 2.17. The van der Waals surface area contributed by atoms with Gasteiger partial charge in [-0.05, 0) is 12.8 Å². The molecule has 2 rings (SSSR count). The predicted octanol–water partition coefficient (Wildman–Crippen LogP) is -0.179. The van der Waals surface area contributed by atoms with Crippen molar-refractivity contribution in [2.45, 2.75) is 44.2 Å². The molecule has 0 bridgehead atoms. The van der Waals surface area contributed by atoms with Crippen LogP contribution in [0.1, 0.15) is 32.1 Å². The van der Waals surface area contributed by atoms with Crippen molar-refractivity contribution in [2.24, 2.45) is 0 Å². The zero-order valence-electron chi connectivity index (χ0n) is 10.5. The molecule has 0 spiro atoms. The van der Waals surface area contributed by atoms with Gasteiger partial charge in [0.2, 0.25) is 5.91 Å². The summed E-state index contributed by atoms with van der Waals surface area (Å²) in [6.45, 7) is 1.20. The second kappa shape index (κ2) is 6.15. The first-order valence-electron chi connectivity index (χ1n) is 6.64. The van der Waals surface area contributed by atoms with Crippen molar-refractivity contribution in [3.05, 3.63) is 0 Å². The molecule has 0 atom stereocenters. The molecule has 3 amide bonds. The van der Waals surface area contributed by atoms with Crippen LogP contribution in [0.15, 0.2) is 0 Å². The van der Waals surface area contributed by atoms with Crippen molar-refractivity contribution in [2.75, 3.05) is 19.6 Å². The molecule has 0 aromatic carbocycles. The smallest absolute Gasteiger partial charge is 0.321 e. The third kappa shape index (κ3) is 3.96. The Morgan fingerprint density at radius 1 is 1.17 bits per heavy atom. The molecule has 0 aromatic heterocycles. The van der Waals surface area contributed by atoms with E-state index < -0.39 is 6.03 Å². The number of carbonyl (C=O) groups is 2. The normalized spacial score (nSPS) is 22.3. The van der Waals surface area contributed by atoms with Gasteiger partial charge in [-0.3, -0.25) is 15.0 Å². The number of aliphatic hydroxyl groups excluding tert-OH is 1. The van der Waals surface area contributed by atoms with Crippen molar-refractivity contribution >= 4 is 11.9 Å². The standard InChI is InChI=1S/C12H21N3O3/c16-10-6-15(7-10)8-11(17)14-12(18)13-9-4-2-1-3-5-9/h9-10,16H,1-8H2,(H2,13,14,17,18). The first-order valence-corrected chi connectivity index (χ1v) is 6.64. The van der Waals surface area contributed by atoms with Crippen LogP contribution in [-0.2, 0) is 4.79 Å². The molecule has 2 aliphatic rings. The largest absolute Gasteiger partial charge is 0.390 e. The number of likely N-dealkylation sites (tertiary alicyclic amines) is 1. The van der Waals surface area contributed by atoms with Gasteiger partial charge in [-0.2, -0.15) is 0 Å². The maximum absolute atomic E-state index is 11.6. The number of imide groups is 1. The molecular weight excluding hydrogens is 234 g/mol. The summed E-state index contributed by atoms with van der Waals surface area (Å²) in [6, 6.07) is -0.189. The van der Waals surface area contributed by atoms with E-state index in [2.05, 4.69) is 10.6 Å². The fraction of sp³-hybridized carbons (Fsp3) is 0.833. The van der Waals surface area contributed by atoms with Crippen LogP contribution in [0.5, 0.6) is 0 Å². The van der Waals surface area contributed by atoms with Gasteiger partial charge < -0.3 is 10.4 Å². The van der Waals surface area contributed by atoms with E-state index >= 15 is 0 Å². The molecule has 1 aliphatic carbocycles. The Morgan fingerprint density at radius 2 is 1.83 bits per heavy atom. The number of carbonyl (C=O) groups excluding carboxylic acids is 2. The van der Waals surface area contributed by atoms with Crippen LogP contribution in [0, 0.1) is 0 Å². The Kier molecular flexibility index (Phi) is 4.54. The number of urea groups is 1. The number of nitrogens with zero attached hydrogens (tertiary/aromatic N) is 1. The summed E-state index contributed by atoms with van der Waals surface area (Å²) in [5.41, 5.74) is 0. The van der Waals surface area contributed by atoms with Gasteiger partial charge in [0.15, 0.2) is 0 Å². The van der Waals surface area contributed by atoms with E-state index in [-0.39, 0.29) is 24.6 Å². The van der Waals surface area contributed by atoms with Crippen molar-refractivity contribution in [3.8, 4) is 0 Å². The van der Waals surface area contributed by atoms with E-state index in [4.69, 9.17) is 5.11 Å². The van der Waals surface area contributed by atoms with E-state index in [9.17, 15) is 9.59 Å². The number of amides is 3. The fourth-order valence-corrected chi connectivity index (χ4v) is 2.51. The lowest BCUT2D eigenvalue weighted by Crippen LogP contribution is -2.55. The van der Waals surface area contributed by atoms with Crippen LogP contribution in [0.2, 0.25) is 0 Å². The Balaban J connectivity index is 1.62. The lowest BCUT2D eigenvalue weighted by molar-refractivity contribution is -0.123. The first-order chi connectivity index (χ1) is 8.63. The third-order valence-electron chi connectivity index (χ3n) is 3.50. The van der Waals surface area contributed by atoms with Gasteiger partial charge in [0.1, 0.15) is 0 Å². The maximum atomic E-state index is 11.6. The first kappa shape index (κ1) is 13.3. The highest BCUT2D eigenvalue weighted by molar-refractivity contribution is 5.95. The SMILES string of the molecule is O=C(CN1CC(O)C1)NC(=O)NC1CCCCC1. The van der Waals surface area contributed by atoms with Crippen molar-refractivity contribution in [1.29, 1.82) is 0 Å². The van der Waals surface area contributed by atoms with Crippen LogP contribution in [-0.4, -0.2) is 53.7 Å². The summed E-state index contributed by atoms with van der Waals surface area (Å²) in [4.78, 5) is 24.9. The van der Waals surface area contributed by atoms with Gasteiger partial charge in [0.25, 0.3) is 0 Å². The number of rotatable bonds is 3. The van der Waals surface area contributed by atoms with E-state index in [0.29, 0.717) is 13.1 Å². The van der Waals surface area contributed by atoms with Crippen LogP contribution in [0.3, 0.4) is 0 Å². The molecular formula is C12H21N3O3. The van der Waals surface area contributed by atoms with Gasteiger partial charge in [0, 0.05) is 19.1 Å². The molecule has 6 nitrogen and oxygen atoms in total. The molecule has 1 saturated heterocycles. The number of hydrogen-bond donors (Lipinski definition) is 3. The van der Waals surface area contributed by atoms with Crippen molar-refractivity contribution in [3.63, 3.8) is 0 Å². The minimum Gasteiger partial charge on any atom is -0.390 e. The predicted molar refractivity (Wildman–Crippen MR) is 66.0 cm³/mol. The molecule has 1 saturated carbocycles. The number of nitrogens with one attached hydrogen (secondary N) is 2. The molecule has 2 fully saturated rings. The molecule has 0 aromatic rings. The van der Waals surface area contributed by atoms with Gasteiger partial charge in [-0.1, -0.05) is 19.3 Å². The zero-order valence-corrected chi connectivity index (χ0v) is 10.5. The van der Waals surface area contributed by atoms with Crippen LogP contribution in [0.4, 0.5) is 4.79 Å². The van der Waals surface area contributed by atoms with Gasteiger partial charge in [-0.15, -0.1) is 0 Å². The van der Waals surface area contributed by atoms with Crippen LogP contribution < -0.4 is 10.6 Å². The zero-order chi connectivity index (χ0) is 13.0. The Morgan fingerprint density at radius 3 is 2.44 bits per heavy atom. The van der Waals surface area contributed by atoms with Gasteiger partial charge >= 0.3 is 6.03 Å². The van der Waals surface area contributed by atoms with Crippen molar-refractivity contribution in [1.82, 2.24) is 15.5 Å². The molecule has 3 N–H and O–H groups in total. The summed E-state index contributed by atoms with van der Waals surface area (Å²) in [5.74, 6) is -0.310. The average molecular weight is 255 g/mol. The minimum absolute atomic E-state index is 0.176. The highest BCUT2D eigenvalue weighted by atomic mass is 16.3. The molecule has 0 radical (unpaired) electrons. The molecule has 0 unspecified atom stereocenters. The molecule has 1 aliphatic heterocycles. The lowest BCUT2D eigenvalue weighted by Gasteiger charge is -2.34. The number of β-amino-alcohol motifs (C(OH)–C–C–N with tert-alkyl or cyclic N) is 1. The second-order valence-electron chi connectivity index (χ2n) is 5.20. The minimum atomic E-state index is -0.395. The maximum Gasteiger partial charge on any atom is 0.321 e. The second-order valence-corrected chi connectivity index (χ2v) is 5.20. The summed E-state index contributed by atoms with van der Waals surface area (Å²) >= 11 is 0. The van der Waals surface area contributed by atoms with E-state index in [1.54, 1.807) is 4.90 Å². The van der Waals surface area contributed by atoms with Crippen LogP contribution in [0.25, 0.3) is 0 Å². The van der Waals surface area contributed by atoms with E-state index in [1.165, 1.54) is 6.42 Å².